The van der Waals surface area contributed by atoms with Crippen LogP contribution in [0, 0.1) is 6.92 Å². The first-order chi connectivity index (χ1) is 12.3. The molecule has 0 radical (unpaired) electrons. The zero-order valence-electron chi connectivity index (χ0n) is 14.4. The third-order valence-corrected chi connectivity index (χ3v) is 4.05. The molecule has 4 nitrogen and oxygen atoms in total. The van der Waals surface area contributed by atoms with E-state index in [0.29, 0.717) is 18.0 Å². The number of benzene rings is 2. The van der Waals surface area contributed by atoms with Gasteiger partial charge in [0.1, 0.15) is 0 Å². The van der Waals surface area contributed by atoms with E-state index in [9.17, 15) is 13.2 Å². The SMILES string of the molecule is Cc1ccccc1CN(C)Cc1nc(-c2ccc(C(F)(F)F)cc2)no1. The summed E-state index contributed by atoms with van der Waals surface area (Å²) in [4.78, 5) is 6.31. The average molecular weight is 361 g/mol. The van der Waals surface area contributed by atoms with Crippen LogP contribution in [0.15, 0.2) is 53.1 Å². The highest BCUT2D eigenvalue weighted by Crippen LogP contribution is 2.30. The Morgan fingerprint density at radius 2 is 1.69 bits per heavy atom. The zero-order valence-corrected chi connectivity index (χ0v) is 14.4. The van der Waals surface area contributed by atoms with Gasteiger partial charge in [0.15, 0.2) is 0 Å². The molecule has 1 heterocycles. The lowest BCUT2D eigenvalue weighted by molar-refractivity contribution is -0.137. The predicted molar refractivity (Wildman–Crippen MR) is 91.1 cm³/mol. The fourth-order valence-electron chi connectivity index (χ4n) is 2.61. The molecular formula is C19H18F3N3O. The summed E-state index contributed by atoms with van der Waals surface area (Å²) in [6.45, 7) is 3.23. The number of rotatable bonds is 5. The maximum atomic E-state index is 12.6. The van der Waals surface area contributed by atoms with E-state index in [1.165, 1.54) is 23.3 Å². The van der Waals surface area contributed by atoms with Crippen LogP contribution in [0.3, 0.4) is 0 Å². The van der Waals surface area contributed by atoms with E-state index in [1.807, 2.05) is 24.1 Å². The second kappa shape index (κ2) is 7.29. The van der Waals surface area contributed by atoms with Crippen molar-refractivity contribution in [3.8, 4) is 11.4 Å². The van der Waals surface area contributed by atoms with Crippen molar-refractivity contribution in [3.05, 3.63) is 71.1 Å². The van der Waals surface area contributed by atoms with E-state index in [0.717, 1.165) is 18.7 Å². The second-order valence-electron chi connectivity index (χ2n) is 6.19. The number of hydrogen-bond donors (Lipinski definition) is 0. The minimum Gasteiger partial charge on any atom is -0.338 e. The summed E-state index contributed by atoms with van der Waals surface area (Å²) in [6, 6.07) is 12.8. The topological polar surface area (TPSA) is 42.2 Å². The van der Waals surface area contributed by atoms with Gasteiger partial charge in [-0.25, -0.2) is 0 Å². The standard InChI is InChI=1S/C19H18F3N3O/c1-13-5-3-4-6-15(13)11-25(2)12-17-23-18(24-26-17)14-7-9-16(10-8-14)19(20,21)22/h3-10H,11-12H2,1-2H3. The van der Waals surface area contributed by atoms with Gasteiger partial charge in [-0.3, -0.25) is 4.90 Å². The lowest BCUT2D eigenvalue weighted by atomic mass is 10.1. The van der Waals surface area contributed by atoms with Crippen LogP contribution in [0.5, 0.6) is 0 Å². The molecule has 0 atom stereocenters. The molecule has 0 unspecified atom stereocenters. The second-order valence-corrected chi connectivity index (χ2v) is 6.19. The number of aryl methyl sites for hydroxylation is 1. The van der Waals surface area contributed by atoms with Crippen LogP contribution in [-0.2, 0) is 19.3 Å². The Labute approximate surface area is 149 Å². The summed E-state index contributed by atoms with van der Waals surface area (Å²) < 4.78 is 43.1. The summed E-state index contributed by atoms with van der Waals surface area (Å²) in [7, 11) is 1.94. The number of nitrogens with zero attached hydrogens (tertiary/aromatic N) is 3. The Hall–Kier alpha value is -2.67. The molecule has 3 rings (SSSR count). The summed E-state index contributed by atoms with van der Waals surface area (Å²) >= 11 is 0. The van der Waals surface area contributed by atoms with Gasteiger partial charge in [0.2, 0.25) is 11.7 Å². The maximum absolute atomic E-state index is 12.6. The van der Waals surface area contributed by atoms with Crippen LogP contribution < -0.4 is 0 Å². The van der Waals surface area contributed by atoms with Gasteiger partial charge < -0.3 is 4.52 Å². The number of alkyl halides is 3. The Bertz CT molecular complexity index is 872. The summed E-state index contributed by atoms with van der Waals surface area (Å²) in [5, 5.41) is 3.86. The molecule has 136 valence electrons. The van der Waals surface area contributed by atoms with Gasteiger partial charge >= 0.3 is 6.18 Å². The molecular weight excluding hydrogens is 343 g/mol. The van der Waals surface area contributed by atoms with Crippen molar-refractivity contribution in [1.82, 2.24) is 15.0 Å². The average Bonchev–Trinajstić information content (AvgIpc) is 3.05. The molecule has 0 aliphatic rings. The first-order valence-corrected chi connectivity index (χ1v) is 8.06. The lowest BCUT2D eigenvalue weighted by Gasteiger charge is -2.15. The fraction of sp³-hybridized carbons (Fsp3) is 0.263. The summed E-state index contributed by atoms with van der Waals surface area (Å²) in [5.74, 6) is 0.689. The first-order valence-electron chi connectivity index (χ1n) is 8.06. The van der Waals surface area contributed by atoms with Crippen molar-refractivity contribution in [3.63, 3.8) is 0 Å². The van der Waals surface area contributed by atoms with Gasteiger partial charge in [0, 0.05) is 12.1 Å². The van der Waals surface area contributed by atoms with Crippen LogP contribution in [0.25, 0.3) is 11.4 Å². The number of halogens is 3. The quantitative estimate of drug-likeness (QED) is 0.661. The van der Waals surface area contributed by atoms with Crippen LogP contribution in [0.2, 0.25) is 0 Å². The summed E-state index contributed by atoms with van der Waals surface area (Å²) in [5.41, 5.74) is 2.19. The Balaban J connectivity index is 1.67. The smallest absolute Gasteiger partial charge is 0.338 e. The summed E-state index contributed by atoms with van der Waals surface area (Å²) in [6.07, 6.45) is -4.36. The highest BCUT2D eigenvalue weighted by molar-refractivity contribution is 5.54. The molecule has 3 aromatic rings. The van der Waals surface area contributed by atoms with Crippen molar-refractivity contribution in [2.24, 2.45) is 0 Å². The highest BCUT2D eigenvalue weighted by atomic mass is 19.4. The maximum Gasteiger partial charge on any atom is 0.416 e. The molecule has 0 N–H and O–H groups in total. The third-order valence-electron chi connectivity index (χ3n) is 4.05. The molecule has 0 aliphatic heterocycles. The number of aromatic nitrogens is 2. The molecule has 0 saturated heterocycles. The molecule has 2 aromatic carbocycles. The van der Waals surface area contributed by atoms with Crippen LogP contribution in [0.4, 0.5) is 13.2 Å². The highest BCUT2D eigenvalue weighted by Gasteiger charge is 2.30. The Morgan fingerprint density at radius 3 is 2.35 bits per heavy atom. The molecule has 26 heavy (non-hydrogen) atoms. The van der Waals surface area contributed by atoms with Gasteiger partial charge in [0.25, 0.3) is 0 Å². The molecule has 0 amide bonds. The Kier molecular flexibility index (Phi) is 5.08. The van der Waals surface area contributed by atoms with E-state index in [-0.39, 0.29) is 5.82 Å². The van der Waals surface area contributed by atoms with E-state index < -0.39 is 11.7 Å². The monoisotopic (exact) mass is 361 g/mol. The van der Waals surface area contributed by atoms with Gasteiger partial charge in [-0.1, -0.05) is 41.6 Å². The van der Waals surface area contributed by atoms with Gasteiger partial charge in [-0.05, 0) is 37.2 Å². The van der Waals surface area contributed by atoms with Crippen molar-refractivity contribution >= 4 is 0 Å². The van der Waals surface area contributed by atoms with Crippen molar-refractivity contribution in [1.29, 1.82) is 0 Å². The van der Waals surface area contributed by atoms with Crippen molar-refractivity contribution < 1.29 is 17.7 Å². The van der Waals surface area contributed by atoms with E-state index in [4.69, 9.17) is 4.52 Å². The molecule has 0 saturated carbocycles. The van der Waals surface area contributed by atoms with E-state index in [1.54, 1.807) is 0 Å². The van der Waals surface area contributed by atoms with Crippen molar-refractivity contribution in [2.75, 3.05) is 7.05 Å². The van der Waals surface area contributed by atoms with Crippen LogP contribution in [-0.4, -0.2) is 22.1 Å². The zero-order chi connectivity index (χ0) is 18.7. The molecule has 0 fully saturated rings. The largest absolute Gasteiger partial charge is 0.416 e. The van der Waals surface area contributed by atoms with Crippen molar-refractivity contribution in [2.45, 2.75) is 26.2 Å². The minimum atomic E-state index is -4.36. The normalized spacial score (nSPS) is 11.9. The van der Waals surface area contributed by atoms with E-state index >= 15 is 0 Å². The molecule has 7 heteroatoms. The third kappa shape index (κ3) is 4.29. The van der Waals surface area contributed by atoms with Crippen LogP contribution in [0.1, 0.15) is 22.6 Å². The molecule has 0 aliphatic carbocycles. The first kappa shape index (κ1) is 18.1. The van der Waals surface area contributed by atoms with E-state index in [2.05, 4.69) is 29.2 Å². The van der Waals surface area contributed by atoms with Gasteiger partial charge in [-0.2, -0.15) is 18.2 Å². The van der Waals surface area contributed by atoms with Gasteiger partial charge in [0.05, 0.1) is 12.1 Å². The van der Waals surface area contributed by atoms with Crippen LogP contribution >= 0.6 is 0 Å². The molecule has 1 aromatic heterocycles. The lowest BCUT2D eigenvalue weighted by Crippen LogP contribution is -2.18. The Morgan fingerprint density at radius 1 is 1.00 bits per heavy atom. The molecule has 0 spiro atoms. The molecule has 0 bridgehead atoms. The van der Waals surface area contributed by atoms with Gasteiger partial charge in [-0.15, -0.1) is 0 Å². The fourth-order valence-corrected chi connectivity index (χ4v) is 2.61. The minimum absolute atomic E-state index is 0.276. The number of hydrogen-bond acceptors (Lipinski definition) is 4. The predicted octanol–water partition coefficient (Wildman–Crippen LogP) is 4.70.